The summed E-state index contributed by atoms with van der Waals surface area (Å²) in [6.07, 6.45) is -0.319. The Kier molecular flexibility index (Phi) is 4.59. The van der Waals surface area contributed by atoms with Gasteiger partial charge < -0.3 is 15.2 Å². The van der Waals surface area contributed by atoms with Gasteiger partial charge in [0.05, 0.1) is 13.2 Å². The number of nitrogens with one attached hydrogen (secondary N) is 1. The maximum absolute atomic E-state index is 9.12. The van der Waals surface area contributed by atoms with Crippen molar-refractivity contribution in [3.63, 3.8) is 0 Å². The van der Waals surface area contributed by atoms with Crippen LogP contribution in [0.5, 0.6) is 5.75 Å². The molecule has 0 heterocycles. The molecule has 1 atom stereocenters. The standard InChI is InChI=1S/C12H19NO2/c1-9-4-5-12(15-3)11(6-9)8-13-7-10(2)14/h4-6,10,13-14H,7-8H2,1-3H3/t10-/m1/s1. The molecule has 84 valence electrons. The van der Waals surface area contributed by atoms with Crippen LogP contribution >= 0.6 is 0 Å². The van der Waals surface area contributed by atoms with Gasteiger partial charge in [-0.3, -0.25) is 0 Å². The van der Waals surface area contributed by atoms with Crippen LogP contribution in [0.4, 0.5) is 0 Å². The Morgan fingerprint density at radius 3 is 2.80 bits per heavy atom. The molecule has 2 N–H and O–H groups in total. The van der Waals surface area contributed by atoms with Crippen molar-refractivity contribution in [1.29, 1.82) is 0 Å². The molecule has 3 nitrogen and oxygen atoms in total. The summed E-state index contributed by atoms with van der Waals surface area (Å²) in [5, 5.41) is 12.3. The number of methoxy groups -OCH3 is 1. The molecule has 1 aromatic carbocycles. The van der Waals surface area contributed by atoms with E-state index in [4.69, 9.17) is 9.84 Å². The van der Waals surface area contributed by atoms with E-state index < -0.39 is 0 Å². The first-order valence-corrected chi connectivity index (χ1v) is 5.15. The van der Waals surface area contributed by atoms with Crippen LogP contribution in [0.2, 0.25) is 0 Å². The lowest BCUT2D eigenvalue weighted by Crippen LogP contribution is -2.24. The number of rotatable bonds is 5. The summed E-state index contributed by atoms with van der Waals surface area (Å²) < 4.78 is 5.26. The topological polar surface area (TPSA) is 41.5 Å². The number of hydrogen-bond donors (Lipinski definition) is 2. The van der Waals surface area contributed by atoms with Gasteiger partial charge in [-0.25, -0.2) is 0 Å². The van der Waals surface area contributed by atoms with Crippen LogP contribution < -0.4 is 10.1 Å². The largest absolute Gasteiger partial charge is 0.496 e. The predicted octanol–water partition coefficient (Wildman–Crippen LogP) is 1.47. The Morgan fingerprint density at radius 1 is 1.47 bits per heavy atom. The minimum absolute atomic E-state index is 0.319. The molecule has 0 radical (unpaired) electrons. The SMILES string of the molecule is COc1ccc(C)cc1CNC[C@@H](C)O. The minimum atomic E-state index is -0.319. The molecule has 0 unspecified atom stereocenters. The minimum Gasteiger partial charge on any atom is -0.496 e. The van der Waals surface area contributed by atoms with Crippen molar-refractivity contribution in [2.75, 3.05) is 13.7 Å². The normalized spacial score (nSPS) is 12.5. The Bertz CT molecular complexity index is 310. The molecule has 0 aliphatic carbocycles. The smallest absolute Gasteiger partial charge is 0.123 e. The van der Waals surface area contributed by atoms with E-state index in [-0.39, 0.29) is 6.10 Å². The molecule has 0 aliphatic rings. The van der Waals surface area contributed by atoms with Gasteiger partial charge in [0.2, 0.25) is 0 Å². The van der Waals surface area contributed by atoms with Crippen molar-refractivity contribution in [1.82, 2.24) is 5.32 Å². The second kappa shape index (κ2) is 5.73. The first-order valence-electron chi connectivity index (χ1n) is 5.15. The number of ether oxygens (including phenoxy) is 1. The molecule has 0 fully saturated rings. The summed E-state index contributed by atoms with van der Waals surface area (Å²) in [4.78, 5) is 0. The van der Waals surface area contributed by atoms with E-state index in [0.717, 1.165) is 17.9 Å². The van der Waals surface area contributed by atoms with Crippen LogP contribution in [0.15, 0.2) is 18.2 Å². The lowest BCUT2D eigenvalue weighted by molar-refractivity contribution is 0.191. The van der Waals surface area contributed by atoms with Crippen LogP contribution in [0.25, 0.3) is 0 Å². The Morgan fingerprint density at radius 2 is 2.20 bits per heavy atom. The molecule has 1 aromatic rings. The molecule has 0 saturated heterocycles. The molecule has 1 rings (SSSR count). The van der Waals surface area contributed by atoms with Gasteiger partial charge in [-0.2, -0.15) is 0 Å². The Hall–Kier alpha value is -1.06. The average Bonchev–Trinajstić information content (AvgIpc) is 2.17. The van der Waals surface area contributed by atoms with Gasteiger partial charge in [0.15, 0.2) is 0 Å². The summed E-state index contributed by atoms with van der Waals surface area (Å²) in [7, 11) is 1.67. The third kappa shape index (κ3) is 3.90. The van der Waals surface area contributed by atoms with Gasteiger partial charge in [-0.1, -0.05) is 17.7 Å². The number of aliphatic hydroxyl groups excluding tert-OH is 1. The van der Waals surface area contributed by atoms with E-state index in [1.54, 1.807) is 14.0 Å². The summed E-state index contributed by atoms with van der Waals surface area (Å²) in [5.74, 6) is 0.888. The second-order valence-corrected chi connectivity index (χ2v) is 3.80. The van der Waals surface area contributed by atoms with Crippen molar-refractivity contribution in [2.45, 2.75) is 26.5 Å². The predicted molar refractivity (Wildman–Crippen MR) is 61.1 cm³/mol. The average molecular weight is 209 g/mol. The quantitative estimate of drug-likeness (QED) is 0.771. The highest BCUT2D eigenvalue weighted by Crippen LogP contribution is 2.19. The zero-order valence-corrected chi connectivity index (χ0v) is 9.58. The lowest BCUT2D eigenvalue weighted by Gasteiger charge is -2.11. The van der Waals surface area contributed by atoms with Crippen molar-refractivity contribution in [2.24, 2.45) is 0 Å². The second-order valence-electron chi connectivity index (χ2n) is 3.80. The van der Waals surface area contributed by atoms with Crippen LogP contribution in [-0.4, -0.2) is 24.9 Å². The molecule has 0 saturated carbocycles. The fraction of sp³-hybridized carbons (Fsp3) is 0.500. The van der Waals surface area contributed by atoms with Gasteiger partial charge in [-0.15, -0.1) is 0 Å². The summed E-state index contributed by atoms with van der Waals surface area (Å²) in [5.41, 5.74) is 2.34. The van der Waals surface area contributed by atoms with Gasteiger partial charge >= 0.3 is 0 Å². The molecule has 15 heavy (non-hydrogen) atoms. The maximum Gasteiger partial charge on any atom is 0.123 e. The summed E-state index contributed by atoms with van der Waals surface area (Å²) in [6, 6.07) is 6.08. The van der Waals surface area contributed by atoms with E-state index >= 15 is 0 Å². The number of hydrogen-bond acceptors (Lipinski definition) is 3. The Balaban J connectivity index is 2.62. The fourth-order valence-electron chi connectivity index (χ4n) is 1.46. The molecular formula is C12H19NO2. The van der Waals surface area contributed by atoms with Gasteiger partial charge in [0.1, 0.15) is 5.75 Å². The number of aliphatic hydroxyl groups is 1. The molecule has 0 aliphatic heterocycles. The van der Waals surface area contributed by atoms with Crippen molar-refractivity contribution < 1.29 is 9.84 Å². The fourth-order valence-corrected chi connectivity index (χ4v) is 1.46. The number of benzene rings is 1. The Labute approximate surface area is 91.1 Å². The molecule has 0 amide bonds. The summed E-state index contributed by atoms with van der Waals surface area (Å²) >= 11 is 0. The third-order valence-electron chi connectivity index (χ3n) is 2.19. The van der Waals surface area contributed by atoms with E-state index in [9.17, 15) is 0 Å². The van der Waals surface area contributed by atoms with Gasteiger partial charge in [-0.05, 0) is 19.9 Å². The molecular weight excluding hydrogens is 190 g/mol. The van der Waals surface area contributed by atoms with E-state index in [1.807, 2.05) is 12.1 Å². The molecule has 3 heteroatoms. The van der Waals surface area contributed by atoms with Gasteiger partial charge in [0.25, 0.3) is 0 Å². The first kappa shape index (κ1) is 12.0. The zero-order chi connectivity index (χ0) is 11.3. The molecule has 0 spiro atoms. The van der Waals surface area contributed by atoms with Crippen LogP contribution in [0.3, 0.4) is 0 Å². The van der Waals surface area contributed by atoms with Crippen molar-refractivity contribution >= 4 is 0 Å². The molecule has 0 bridgehead atoms. The zero-order valence-electron chi connectivity index (χ0n) is 9.58. The van der Waals surface area contributed by atoms with E-state index in [0.29, 0.717) is 6.54 Å². The van der Waals surface area contributed by atoms with Crippen LogP contribution in [0.1, 0.15) is 18.1 Å². The summed E-state index contributed by atoms with van der Waals surface area (Å²) in [6.45, 7) is 5.13. The van der Waals surface area contributed by atoms with E-state index in [1.165, 1.54) is 5.56 Å². The maximum atomic E-state index is 9.12. The number of aryl methyl sites for hydroxylation is 1. The van der Waals surface area contributed by atoms with Crippen molar-refractivity contribution in [3.8, 4) is 5.75 Å². The highest BCUT2D eigenvalue weighted by molar-refractivity contribution is 5.36. The lowest BCUT2D eigenvalue weighted by atomic mass is 10.1. The van der Waals surface area contributed by atoms with Crippen LogP contribution in [0, 0.1) is 6.92 Å². The van der Waals surface area contributed by atoms with Crippen LogP contribution in [-0.2, 0) is 6.54 Å². The van der Waals surface area contributed by atoms with Gasteiger partial charge in [0, 0.05) is 18.7 Å². The third-order valence-corrected chi connectivity index (χ3v) is 2.19. The monoisotopic (exact) mass is 209 g/mol. The molecule has 0 aromatic heterocycles. The van der Waals surface area contributed by atoms with E-state index in [2.05, 4.69) is 18.3 Å². The van der Waals surface area contributed by atoms with Crippen molar-refractivity contribution in [3.05, 3.63) is 29.3 Å². The first-order chi connectivity index (χ1) is 7.13. The highest BCUT2D eigenvalue weighted by atomic mass is 16.5. The highest BCUT2D eigenvalue weighted by Gasteiger charge is 2.03.